The van der Waals surface area contributed by atoms with E-state index >= 15 is 0 Å². The van der Waals surface area contributed by atoms with Crippen LogP contribution in [0.5, 0.6) is 11.5 Å². The zero-order valence-corrected chi connectivity index (χ0v) is 13.5. The minimum absolute atomic E-state index is 0.00382. The monoisotopic (exact) mass is 350 g/mol. The van der Waals surface area contributed by atoms with E-state index in [2.05, 4.69) is 4.74 Å². The number of methoxy groups -OCH3 is 1. The van der Waals surface area contributed by atoms with Crippen LogP contribution in [0.15, 0.2) is 36.4 Å². The average molecular weight is 350 g/mol. The maximum atomic E-state index is 12.7. The summed E-state index contributed by atoms with van der Waals surface area (Å²) < 4.78 is 48.3. The highest BCUT2D eigenvalue weighted by Crippen LogP contribution is 2.33. The Morgan fingerprint density at radius 2 is 1.92 bits per heavy atom. The molecule has 0 aliphatic carbocycles. The van der Waals surface area contributed by atoms with Crippen LogP contribution in [0.2, 0.25) is 0 Å². The van der Waals surface area contributed by atoms with Crippen molar-refractivity contribution in [2.45, 2.75) is 12.6 Å². The van der Waals surface area contributed by atoms with Crippen LogP contribution in [0, 0.1) is 0 Å². The van der Waals surface area contributed by atoms with Gasteiger partial charge in [0.15, 0.2) is 6.29 Å². The number of ether oxygens (including phenoxy) is 2. The summed E-state index contributed by atoms with van der Waals surface area (Å²) in [6.45, 7) is 0. The van der Waals surface area contributed by atoms with Gasteiger partial charge < -0.3 is 9.47 Å². The molecule has 0 aliphatic rings. The predicted octanol–water partition coefficient (Wildman–Crippen LogP) is 2.28. The van der Waals surface area contributed by atoms with Crippen molar-refractivity contribution >= 4 is 25.6 Å². The summed E-state index contributed by atoms with van der Waals surface area (Å²) in [7, 11) is 3.08. The number of hydrogen-bond donors (Lipinski definition) is 0. The van der Waals surface area contributed by atoms with E-state index in [0.29, 0.717) is 17.6 Å². The molecule has 4 nitrogen and oxygen atoms in total. The molecule has 0 atom stereocenters. The summed E-state index contributed by atoms with van der Waals surface area (Å²) in [6, 6.07) is 7.54. The minimum atomic E-state index is -4.55. The highest BCUT2D eigenvalue weighted by atomic mass is 19.4. The first-order valence-electron chi connectivity index (χ1n) is 7.25. The number of hydrogen-bond acceptors (Lipinski definition) is 4. The molecule has 8 heteroatoms. The van der Waals surface area contributed by atoms with Crippen LogP contribution in [0.25, 0.3) is 0 Å². The second-order valence-electron chi connectivity index (χ2n) is 5.31. The Morgan fingerprint density at radius 1 is 1.20 bits per heavy atom. The van der Waals surface area contributed by atoms with Crippen LogP contribution in [0.1, 0.15) is 21.5 Å². The van der Waals surface area contributed by atoms with Gasteiger partial charge in [0.2, 0.25) is 0 Å². The van der Waals surface area contributed by atoms with Crippen LogP contribution < -0.4 is 10.2 Å². The molecule has 0 saturated carbocycles. The summed E-state index contributed by atoms with van der Waals surface area (Å²) in [6.07, 6.45) is -4.21. The molecule has 25 heavy (non-hydrogen) atoms. The Morgan fingerprint density at radius 3 is 2.52 bits per heavy atom. The van der Waals surface area contributed by atoms with E-state index in [-0.39, 0.29) is 17.7 Å². The van der Waals surface area contributed by atoms with Gasteiger partial charge >= 0.3 is 12.1 Å². The number of rotatable bonds is 5. The largest absolute Gasteiger partial charge is 0.469 e. The molecule has 2 rings (SSSR count). The van der Waals surface area contributed by atoms with Crippen molar-refractivity contribution in [3.8, 4) is 11.5 Å². The molecule has 0 amide bonds. The predicted molar refractivity (Wildman–Crippen MR) is 87.2 cm³/mol. The molecule has 0 spiro atoms. The zero-order chi connectivity index (χ0) is 18.6. The molecule has 2 aromatic rings. The number of halogens is 3. The third-order valence-electron chi connectivity index (χ3n) is 3.57. The van der Waals surface area contributed by atoms with E-state index in [1.165, 1.54) is 7.11 Å². The molecule has 0 saturated heterocycles. The van der Waals surface area contributed by atoms with Crippen LogP contribution in [0.4, 0.5) is 13.2 Å². The fraction of sp³-hybridized carbons (Fsp3) is 0.176. The fourth-order valence-electron chi connectivity index (χ4n) is 2.17. The van der Waals surface area contributed by atoms with Gasteiger partial charge in [-0.3, -0.25) is 9.59 Å². The van der Waals surface area contributed by atoms with Crippen molar-refractivity contribution in [2.75, 3.05) is 7.11 Å². The Labute approximate surface area is 143 Å². The SMILES string of the molecule is Bc1ccc(Oc2ccc(C(F)(F)F)cc2C=O)cc1CC(=O)OC. The Kier molecular flexibility index (Phi) is 5.51. The van der Waals surface area contributed by atoms with Crippen molar-refractivity contribution in [3.05, 3.63) is 53.1 Å². The quantitative estimate of drug-likeness (QED) is 0.472. The lowest BCUT2D eigenvalue weighted by Crippen LogP contribution is -2.15. The highest BCUT2D eigenvalue weighted by Gasteiger charge is 2.31. The van der Waals surface area contributed by atoms with Gasteiger partial charge in [-0.15, -0.1) is 0 Å². The van der Waals surface area contributed by atoms with Gasteiger partial charge in [0.1, 0.15) is 19.3 Å². The molecule has 0 bridgehead atoms. The van der Waals surface area contributed by atoms with E-state index in [9.17, 15) is 22.8 Å². The van der Waals surface area contributed by atoms with Gasteiger partial charge in [-0.1, -0.05) is 11.5 Å². The molecule has 0 unspecified atom stereocenters. The second kappa shape index (κ2) is 7.42. The van der Waals surface area contributed by atoms with Gasteiger partial charge in [-0.25, -0.2) is 0 Å². The fourth-order valence-corrected chi connectivity index (χ4v) is 2.17. The van der Waals surface area contributed by atoms with E-state index in [1.807, 2.05) is 0 Å². The molecule has 0 radical (unpaired) electrons. The summed E-state index contributed by atoms with van der Waals surface area (Å²) >= 11 is 0. The number of carbonyl (C=O) groups is 2. The van der Waals surface area contributed by atoms with Crippen molar-refractivity contribution in [3.63, 3.8) is 0 Å². The standard InChI is InChI=1S/C17H14BF3O4/c1-24-16(23)8-10-7-13(3-4-14(10)18)25-15-5-2-12(17(19,20)21)6-11(15)9-22/h2-7,9H,8,18H2,1H3. The number of alkyl halides is 3. The maximum absolute atomic E-state index is 12.7. The second-order valence-corrected chi connectivity index (χ2v) is 5.31. The third-order valence-corrected chi connectivity index (χ3v) is 3.57. The third kappa shape index (κ3) is 4.62. The van der Waals surface area contributed by atoms with Gasteiger partial charge in [0.25, 0.3) is 0 Å². The van der Waals surface area contributed by atoms with Crippen molar-refractivity contribution in [1.82, 2.24) is 0 Å². The Bertz CT molecular complexity index is 803. The molecule has 0 heterocycles. The number of esters is 1. The number of carbonyl (C=O) groups excluding carboxylic acids is 2. The number of aldehydes is 1. The molecule has 0 aromatic heterocycles. The number of benzene rings is 2. The Balaban J connectivity index is 2.32. The van der Waals surface area contributed by atoms with E-state index in [1.54, 1.807) is 26.0 Å². The lowest BCUT2D eigenvalue weighted by molar-refractivity contribution is -0.140. The maximum Gasteiger partial charge on any atom is 0.416 e. The lowest BCUT2D eigenvalue weighted by atomic mass is 9.89. The first-order valence-corrected chi connectivity index (χ1v) is 7.25. The normalized spacial score (nSPS) is 11.0. The summed E-state index contributed by atoms with van der Waals surface area (Å²) in [5.41, 5.74) is 0.340. The van der Waals surface area contributed by atoms with Crippen molar-refractivity contribution in [1.29, 1.82) is 0 Å². The van der Waals surface area contributed by atoms with Crippen molar-refractivity contribution in [2.24, 2.45) is 0 Å². The molecule has 2 aromatic carbocycles. The van der Waals surface area contributed by atoms with E-state index < -0.39 is 17.7 Å². The first kappa shape index (κ1) is 18.6. The van der Waals surface area contributed by atoms with Crippen molar-refractivity contribution < 1.29 is 32.2 Å². The van der Waals surface area contributed by atoms with Gasteiger partial charge in [-0.05, 0) is 35.9 Å². The molecule has 0 fully saturated rings. The van der Waals surface area contributed by atoms with Gasteiger partial charge in [0, 0.05) is 0 Å². The lowest BCUT2D eigenvalue weighted by Gasteiger charge is -2.13. The van der Waals surface area contributed by atoms with Crippen LogP contribution in [-0.4, -0.2) is 27.2 Å². The minimum Gasteiger partial charge on any atom is -0.469 e. The van der Waals surface area contributed by atoms with Gasteiger partial charge in [-0.2, -0.15) is 13.2 Å². The molecule has 0 N–H and O–H groups in total. The van der Waals surface area contributed by atoms with E-state index in [4.69, 9.17) is 4.74 Å². The zero-order valence-electron chi connectivity index (χ0n) is 13.5. The van der Waals surface area contributed by atoms with Gasteiger partial charge in [0.05, 0.1) is 24.7 Å². The smallest absolute Gasteiger partial charge is 0.416 e. The van der Waals surface area contributed by atoms with Crippen LogP contribution in [-0.2, 0) is 22.1 Å². The molecular weight excluding hydrogens is 336 g/mol. The van der Waals surface area contributed by atoms with Crippen LogP contribution in [0.3, 0.4) is 0 Å². The first-order chi connectivity index (χ1) is 11.7. The summed E-state index contributed by atoms with van der Waals surface area (Å²) in [4.78, 5) is 22.5. The summed E-state index contributed by atoms with van der Waals surface area (Å²) in [5, 5.41) is 0. The summed E-state index contributed by atoms with van der Waals surface area (Å²) in [5.74, 6) is -0.133. The molecule has 130 valence electrons. The highest BCUT2D eigenvalue weighted by molar-refractivity contribution is 6.33. The average Bonchev–Trinajstić information content (AvgIpc) is 2.57. The Hall–Kier alpha value is -2.77. The van der Waals surface area contributed by atoms with Crippen LogP contribution >= 0.6 is 0 Å². The topological polar surface area (TPSA) is 52.6 Å². The molecule has 0 aliphatic heterocycles. The van der Waals surface area contributed by atoms with E-state index in [0.717, 1.165) is 23.7 Å². The molecular formula is C17H14BF3O4.